The first-order chi connectivity index (χ1) is 7.94. The number of hydrogen-bond donors (Lipinski definition) is 3. The molecule has 0 aliphatic carbocycles. The summed E-state index contributed by atoms with van der Waals surface area (Å²) in [5.41, 5.74) is 5.05. The zero-order chi connectivity index (χ0) is 12.9. The van der Waals surface area contributed by atoms with Gasteiger partial charge in [0.1, 0.15) is 0 Å². The fraction of sp³-hybridized carbons (Fsp3) is 0.583. The average molecular weight is 256 g/mol. The van der Waals surface area contributed by atoms with Crippen molar-refractivity contribution in [2.75, 3.05) is 6.54 Å². The summed E-state index contributed by atoms with van der Waals surface area (Å²) in [5.74, 6) is -0.398. The Morgan fingerprint density at radius 3 is 2.88 bits per heavy atom. The number of rotatable bonds is 7. The lowest BCUT2D eigenvalue weighted by Gasteiger charge is -2.22. The smallest absolute Gasteiger partial charge is 0.249 e. The number of nitrogens with two attached hydrogens (primary N) is 1. The van der Waals surface area contributed by atoms with Gasteiger partial charge in [0.15, 0.2) is 0 Å². The molecular weight excluding hydrogens is 236 g/mol. The van der Waals surface area contributed by atoms with Crippen molar-refractivity contribution in [1.82, 2.24) is 5.32 Å². The van der Waals surface area contributed by atoms with Gasteiger partial charge in [0.05, 0.1) is 11.2 Å². The van der Waals surface area contributed by atoms with E-state index in [1.165, 1.54) is 11.3 Å². The summed E-state index contributed by atoms with van der Waals surface area (Å²) in [6.07, 6.45) is 1.73. The minimum atomic E-state index is -0.668. The Morgan fingerprint density at radius 1 is 1.65 bits per heavy atom. The monoisotopic (exact) mass is 256 g/mol. The normalized spacial score (nSPS) is 14.5. The molecule has 1 aromatic heterocycles. The number of aliphatic hydroxyl groups is 1. The molecule has 4 nitrogen and oxygen atoms in total. The van der Waals surface area contributed by atoms with Gasteiger partial charge < -0.3 is 16.2 Å². The molecule has 1 heterocycles. The molecule has 1 unspecified atom stereocenters. The molecule has 0 aliphatic heterocycles. The first-order valence-corrected chi connectivity index (χ1v) is 6.63. The maximum Gasteiger partial charge on any atom is 0.249 e. The number of carbonyl (C=O) groups is 1. The van der Waals surface area contributed by atoms with Crippen molar-refractivity contribution in [2.24, 2.45) is 5.73 Å². The molecule has 96 valence electrons. The van der Waals surface area contributed by atoms with Gasteiger partial charge in [-0.15, -0.1) is 11.3 Å². The summed E-state index contributed by atoms with van der Waals surface area (Å²) in [4.78, 5) is 11.9. The Kier molecular flexibility index (Phi) is 5.11. The highest BCUT2D eigenvalue weighted by atomic mass is 32.1. The summed E-state index contributed by atoms with van der Waals surface area (Å²) in [6.45, 7) is 5.07. The van der Waals surface area contributed by atoms with Crippen molar-refractivity contribution >= 4 is 17.2 Å². The number of hydrogen-bond acceptors (Lipinski definition) is 4. The van der Waals surface area contributed by atoms with Crippen LogP contribution < -0.4 is 11.1 Å². The van der Waals surface area contributed by atoms with Crippen molar-refractivity contribution in [2.45, 2.75) is 38.8 Å². The van der Waals surface area contributed by atoms with Crippen LogP contribution in [-0.4, -0.2) is 23.2 Å². The van der Waals surface area contributed by atoms with Crippen LogP contribution in [0.2, 0.25) is 0 Å². The maximum absolute atomic E-state index is 10.9. The highest BCUT2D eigenvalue weighted by Crippen LogP contribution is 2.15. The van der Waals surface area contributed by atoms with E-state index in [0.717, 1.165) is 17.7 Å². The van der Waals surface area contributed by atoms with E-state index in [1.54, 1.807) is 11.4 Å². The van der Waals surface area contributed by atoms with Gasteiger partial charge in [0, 0.05) is 23.3 Å². The third kappa shape index (κ3) is 4.85. The molecule has 1 atom stereocenters. The van der Waals surface area contributed by atoms with E-state index in [4.69, 9.17) is 5.73 Å². The number of carbonyl (C=O) groups excluding carboxylic acids is 1. The van der Waals surface area contributed by atoms with Crippen molar-refractivity contribution in [3.63, 3.8) is 0 Å². The summed E-state index contributed by atoms with van der Waals surface area (Å²) in [6, 6.07) is 1.79. The highest BCUT2D eigenvalue weighted by molar-refractivity contribution is 7.10. The molecule has 0 spiro atoms. The van der Waals surface area contributed by atoms with Crippen LogP contribution in [0.25, 0.3) is 0 Å². The second-order valence-electron chi connectivity index (χ2n) is 4.52. The topological polar surface area (TPSA) is 75.3 Å². The van der Waals surface area contributed by atoms with E-state index in [2.05, 4.69) is 5.32 Å². The molecular formula is C12H20N2O2S. The van der Waals surface area contributed by atoms with E-state index in [1.807, 2.05) is 13.8 Å². The lowest BCUT2D eigenvalue weighted by Crippen LogP contribution is -2.37. The lowest BCUT2D eigenvalue weighted by atomic mass is 10.0. The van der Waals surface area contributed by atoms with Crippen LogP contribution in [0.5, 0.6) is 0 Å². The van der Waals surface area contributed by atoms with Gasteiger partial charge in [-0.2, -0.15) is 0 Å². The predicted molar refractivity (Wildman–Crippen MR) is 70.1 cm³/mol. The lowest BCUT2D eigenvalue weighted by molar-refractivity contribution is 0.0498. The molecule has 4 N–H and O–H groups in total. The Bertz CT molecular complexity index is 374. The van der Waals surface area contributed by atoms with E-state index >= 15 is 0 Å². The molecule has 17 heavy (non-hydrogen) atoms. The van der Waals surface area contributed by atoms with Crippen LogP contribution in [0.4, 0.5) is 0 Å². The van der Waals surface area contributed by atoms with Crippen LogP contribution in [0.3, 0.4) is 0 Å². The quantitative estimate of drug-likeness (QED) is 0.692. The first kappa shape index (κ1) is 14.2. The summed E-state index contributed by atoms with van der Waals surface area (Å²) < 4.78 is 0. The Morgan fingerprint density at radius 2 is 2.35 bits per heavy atom. The molecule has 1 aromatic rings. The van der Waals surface area contributed by atoms with Gasteiger partial charge in [0.25, 0.3) is 0 Å². The van der Waals surface area contributed by atoms with E-state index in [0.29, 0.717) is 18.7 Å². The predicted octanol–water partition coefficient (Wildman–Crippen LogP) is 1.49. The Hall–Kier alpha value is -0.910. The van der Waals surface area contributed by atoms with Gasteiger partial charge in [0.2, 0.25) is 5.91 Å². The van der Waals surface area contributed by atoms with Crippen molar-refractivity contribution in [1.29, 1.82) is 0 Å². The first-order valence-electron chi connectivity index (χ1n) is 5.75. The van der Waals surface area contributed by atoms with Gasteiger partial charge >= 0.3 is 0 Å². The van der Waals surface area contributed by atoms with E-state index in [9.17, 15) is 9.90 Å². The van der Waals surface area contributed by atoms with Crippen LogP contribution in [0.15, 0.2) is 11.4 Å². The average Bonchev–Trinajstić information content (AvgIpc) is 2.66. The summed E-state index contributed by atoms with van der Waals surface area (Å²) in [5, 5.41) is 14.9. The third-order valence-corrected chi connectivity index (χ3v) is 3.47. The molecule has 0 saturated heterocycles. The summed E-state index contributed by atoms with van der Waals surface area (Å²) >= 11 is 1.50. The molecule has 0 fully saturated rings. The van der Waals surface area contributed by atoms with Crippen LogP contribution >= 0.6 is 11.3 Å². The van der Waals surface area contributed by atoms with E-state index in [-0.39, 0.29) is 0 Å². The largest absolute Gasteiger partial charge is 0.389 e. The van der Waals surface area contributed by atoms with Gasteiger partial charge in [-0.3, -0.25) is 4.79 Å². The zero-order valence-corrected chi connectivity index (χ0v) is 11.1. The Balaban J connectivity index is 2.38. The van der Waals surface area contributed by atoms with Gasteiger partial charge in [-0.25, -0.2) is 0 Å². The SMILES string of the molecule is CCCC(C)(O)CNCc1cc(C(N)=O)cs1. The third-order valence-electron chi connectivity index (χ3n) is 2.53. The standard InChI is InChI=1S/C12H20N2O2S/c1-3-4-12(2,16)8-14-6-10-5-9(7-17-10)11(13)15/h5,7,14,16H,3-4,6,8H2,1-2H3,(H2,13,15). The van der Waals surface area contributed by atoms with Crippen LogP contribution in [0, 0.1) is 0 Å². The minimum absolute atomic E-state index is 0.398. The minimum Gasteiger partial charge on any atom is -0.389 e. The van der Waals surface area contributed by atoms with Crippen molar-refractivity contribution in [3.8, 4) is 0 Å². The fourth-order valence-electron chi connectivity index (χ4n) is 1.68. The molecule has 0 radical (unpaired) electrons. The molecule has 1 rings (SSSR count). The number of thiophene rings is 1. The van der Waals surface area contributed by atoms with Gasteiger partial charge in [-0.1, -0.05) is 13.3 Å². The van der Waals surface area contributed by atoms with Gasteiger partial charge in [-0.05, 0) is 19.4 Å². The van der Waals surface area contributed by atoms with Crippen LogP contribution in [-0.2, 0) is 6.54 Å². The molecule has 0 bridgehead atoms. The van der Waals surface area contributed by atoms with Crippen LogP contribution in [0.1, 0.15) is 41.9 Å². The Labute approximate surface area is 106 Å². The zero-order valence-electron chi connectivity index (χ0n) is 10.3. The second-order valence-corrected chi connectivity index (χ2v) is 5.51. The molecule has 0 saturated carbocycles. The van der Waals surface area contributed by atoms with Crippen molar-refractivity contribution in [3.05, 3.63) is 21.9 Å². The second kappa shape index (κ2) is 6.14. The maximum atomic E-state index is 10.9. The molecule has 5 heteroatoms. The van der Waals surface area contributed by atoms with E-state index < -0.39 is 11.5 Å². The summed E-state index contributed by atoms with van der Waals surface area (Å²) in [7, 11) is 0. The molecule has 0 aromatic carbocycles. The molecule has 0 aliphatic rings. The highest BCUT2D eigenvalue weighted by Gasteiger charge is 2.18. The molecule has 1 amide bonds. The number of nitrogens with one attached hydrogen (secondary N) is 1. The van der Waals surface area contributed by atoms with Crippen molar-refractivity contribution < 1.29 is 9.90 Å². The fourth-order valence-corrected chi connectivity index (χ4v) is 2.53. The number of primary amides is 1. The number of amides is 1.